The van der Waals surface area contributed by atoms with Crippen LogP contribution in [-0.4, -0.2) is 28.9 Å². The summed E-state index contributed by atoms with van der Waals surface area (Å²) in [6, 6.07) is 9.76. The number of aromatic nitrogens is 6. The van der Waals surface area contributed by atoms with Gasteiger partial charge in [-0.15, -0.1) is 10.2 Å². The van der Waals surface area contributed by atoms with E-state index in [0.29, 0.717) is 23.1 Å². The highest BCUT2D eigenvalue weighted by Crippen LogP contribution is 2.26. The molecule has 0 spiro atoms. The third-order valence-corrected chi connectivity index (χ3v) is 4.54. The van der Waals surface area contributed by atoms with E-state index in [4.69, 9.17) is 0 Å². The van der Waals surface area contributed by atoms with Crippen molar-refractivity contribution in [1.29, 1.82) is 0 Å². The normalized spacial score (nSPS) is 11.5. The first kappa shape index (κ1) is 16.2. The fourth-order valence-corrected chi connectivity index (χ4v) is 3.26. The molecule has 8 nitrogen and oxygen atoms in total. The molecule has 0 bridgehead atoms. The minimum absolute atomic E-state index is 0.266. The molecular formula is C18H18N6O2. The van der Waals surface area contributed by atoms with Crippen LogP contribution in [0.15, 0.2) is 39.9 Å². The number of imidazole rings is 1. The molecule has 3 heterocycles. The third-order valence-electron chi connectivity index (χ3n) is 4.54. The predicted octanol–water partition coefficient (Wildman–Crippen LogP) is 1.45. The van der Waals surface area contributed by atoms with Gasteiger partial charge in [0.1, 0.15) is 16.7 Å². The van der Waals surface area contributed by atoms with E-state index in [9.17, 15) is 9.59 Å². The second-order valence-electron chi connectivity index (χ2n) is 6.23. The van der Waals surface area contributed by atoms with E-state index in [0.717, 1.165) is 22.4 Å². The van der Waals surface area contributed by atoms with Gasteiger partial charge in [0.05, 0.1) is 0 Å². The van der Waals surface area contributed by atoms with Crippen molar-refractivity contribution in [3.63, 3.8) is 0 Å². The zero-order valence-corrected chi connectivity index (χ0v) is 14.8. The molecule has 0 unspecified atom stereocenters. The van der Waals surface area contributed by atoms with E-state index in [-0.39, 0.29) is 11.2 Å². The van der Waals surface area contributed by atoms with E-state index in [1.165, 1.54) is 11.6 Å². The van der Waals surface area contributed by atoms with Crippen LogP contribution in [0.4, 0.5) is 0 Å². The molecule has 0 fully saturated rings. The predicted molar refractivity (Wildman–Crippen MR) is 99.0 cm³/mol. The summed E-state index contributed by atoms with van der Waals surface area (Å²) in [4.78, 5) is 29.7. The van der Waals surface area contributed by atoms with Crippen molar-refractivity contribution in [2.24, 2.45) is 14.1 Å². The molecule has 4 aromatic rings. The van der Waals surface area contributed by atoms with E-state index in [2.05, 4.69) is 22.1 Å². The molecule has 0 aliphatic heterocycles. The fraction of sp³-hybridized carbons (Fsp3) is 0.278. The third kappa shape index (κ3) is 2.18. The summed E-state index contributed by atoms with van der Waals surface area (Å²) >= 11 is 0. The topological polar surface area (TPSA) is 87.6 Å². The van der Waals surface area contributed by atoms with Gasteiger partial charge in [-0.3, -0.25) is 13.9 Å². The Kier molecular flexibility index (Phi) is 3.68. The lowest BCUT2D eigenvalue weighted by Crippen LogP contribution is -2.37. The van der Waals surface area contributed by atoms with Crippen LogP contribution >= 0.6 is 0 Å². The molecule has 0 N–H and O–H groups in total. The van der Waals surface area contributed by atoms with E-state index >= 15 is 0 Å². The first-order valence-electron chi connectivity index (χ1n) is 8.42. The summed E-state index contributed by atoms with van der Waals surface area (Å²) in [6.45, 7) is 2.73. The molecule has 0 aliphatic carbocycles. The van der Waals surface area contributed by atoms with Crippen LogP contribution in [0.25, 0.3) is 33.6 Å². The minimum atomic E-state index is -0.430. The quantitative estimate of drug-likeness (QED) is 0.558. The Hall–Kier alpha value is -3.29. The highest BCUT2D eigenvalue weighted by Gasteiger charge is 2.21. The van der Waals surface area contributed by atoms with Gasteiger partial charge < -0.3 is 4.57 Å². The number of aryl methyl sites for hydroxylation is 2. The highest BCUT2D eigenvalue weighted by molar-refractivity contribution is 5.99. The van der Waals surface area contributed by atoms with Crippen molar-refractivity contribution in [3.05, 3.63) is 51.2 Å². The monoisotopic (exact) mass is 350 g/mol. The lowest BCUT2D eigenvalue weighted by molar-refractivity contribution is 0.695. The maximum absolute atomic E-state index is 12.9. The van der Waals surface area contributed by atoms with Gasteiger partial charge in [0, 0.05) is 26.2 Å². The fourth-order valence-electron chi connectivity index (χ4n) is 3.26. The van der Waals surface area contributed by atoms with Crippen LogP contribution in [0, 0.1) is 0 Å². The zero-order chi connectivity index (χ0) is 18.4. The van der Waals surface area contributed by atoms with Crippen molar-refractivity contribution in [2.75, 3.05) is 0 Å². The van der Waals surface area contributed by atoms with Crippen LogP contribution in [0.2, 0.25) is 0 Å². The average molecular weight is 350 g/mol. The van der Waals surface area contributed by atoms with Crippen molar-refractivity contribution in [2.45, 2.75) is 19.9 Å². The summed E-state index contributed by atoms with van der Waals surface area (Å²) in [5.41, 5.74) is 1.41. The number of hydrogen-bond donors (Lipinski definition) is 0. The molecule has 0 saturated carbocycles. The van der Waals surface area contributed by atoms with Gasteiger partial charge in [-0.1, -0.05) is 37.3 Å². The van der Waals surface area contributed by atoms with Crippen molar-refractivity contribution in [1.82, 2.24) is 28.9 Å². The van der Waals surface area contributed by atoms with Crippen molar-refractivity contribution >= 4 is 22.2 Å². The maximum atomic E-state index is 12.9. The Labute approximate surface area is 148 Å². The van der Waals surface area contributed by atoms with Crippen LogP contribution in [0.3, 0.4) is 0 Å². The molecule has 0 atom stereocenters. The van der Waals surface area contributed by atoms with E-state index in [1.54, 1.807) is 7.05 Å². The largest absolute Gasteiger partial charge is 0.332 e. The number of benzene rings is 1. The molecule has 26 heavy (non-hydrogen) atoms. The van der Waals surface area contributed by atoms with Gasteiger partial charge in [-0.25, -0.2) is 9.78 Å². The molecule has 0 aliphatic rings. The molecule has 3 aromatic heterocycles. The zero-order valence-electron chi connectivity index (χ0n) is 14.8. The molecule has 132 valence electrons. The molecular weight excluding hydrogens is 332 g/mol. The highest BCUT2D eigenvalue weighted by atomic mass is 16.2. The lowest BCUT2D eigenvalue weighted by atomic mass is 10.2. The molecule has 1 aromatic carbocycles. The number of nitrogens with zero attached hydrogens (tertiary/aromatic N) is 6. The summed E-state index contributed by atoms with van der Waals surface area (Å²) in [7, 11) is 3.05. The molecule has 0 amide bonds. The second-order valence-corrected chi connectivity index (χ2v) is 6.23. The first-order valence-corrected chi connectivity index (χ1v) is 8.42. The van der Waals surface area contributed by atoms with Gasteiger partial charge >= 0.3 is 5.69 Å². The first-order chi connectivity index (χ1) is 12.5. The van der Waals surface area contributed by atoms with Gasteiger partial charge in [0.25, 0.3) is 5.56 Å². The Morgan fingerprint density at radius 1 is 1.00 bits per heavy atom. The Morgan fingerprint density at radius 2 is 1.73 bits per heavy atom. The number of fused-ring (bicyclic) bond motifs is 3. The SMILES string of the molecule is CCCn1c(-c2ccccc2)nc2nnc3c(c(=O)n(C)c(=O)n3C)c21. The van der Waals surface area contributed by atoms with Crippen LogP contribution in [0.1, 0.15) is 13.3 Å². The lowest BCUT2D eigenvalue weighted by Gasteiger charge is -2.10. The second kappa shape index (κ2) is 5.91. The smallest absolute Gasteiger partial charge is 0.322 e. The van der Waals surface area contributed by atoms with Crippen molar-refractivity contribution in [3.8, 4) is 11.4 Å². The van der Waals surface area contributed by atoms with Gasteiger partial charge in [-0.2, -0.15) is 0 Å². The Balaban J connectivity index is 2.23. The molecule has 4 rings (SSSR count). The molecule has 0 saturated heterocycles. The van der Waals surface area contributed by atoms with Gasteiger partial charge in [0.15, 0.2) is 5.65 Å². The summed E-state index contributed by atoms with van der Waals surface area (Å²) in [5, 5.41) is 8.65. The number of rotatable bonds is 3. The Morgan fingerprint density at radius 3 is 2.42 bits per heavy atom. The van der Waals surface area contributed by atoms with Crippen molar-refractivity contribution < 1.29 is 0 Å². The minimum Gasteiger partial charge on any atom is -0.322 e. The average Bonchev–Trinajstić information content (AvgIpc) is 3.03. The molecule has 0 radical (unpaired) electrons. The standard InChI is InChI=1S/C18H18N6O2/c1-4-10-24-13-12-16(22(2)18(26)23(3)17(12)25)21-20-14(13)19-15(24)11-8-6-5-7-9-11/h5-9H,4,10H2,1-3H3. The summed E-state index contributed by atoms with van der Waals surface area (Å²) < 4.78 is 4.43. The molecule has 8 heteroatoms. The summed E-state index contributed by atoms with van der Waals surface area (Å²) in [5.74, 6) is 0.736. The van der Waals surface area contributed by atoms with Gasteiger partial charge in [-0.05, 0) is 6.42 Å². The van der Waals surface area contributed by atoms with Crippen LogP contribution < -0.4 is 11.2 Å². The maximum Gasteiger partial charge on any atom is 0.332 e. The van der Waals surface area contributed by atoms with Crippen LogP contribution in [-0.2, 0) is 20.6 Å². The van der Waals surface area contributed by atoms with E-state index in [1.807, 2.05) is 34.9 Å². The van der Waals surface area contributed by atoms with Crippen LogP contribution in [0.5, 0.6) is 0 Å². The van der Waals surface area contributed by atoms with Gasteiger partial charge in [0.2, 0.25) is 5.65 Å². The summed E-state index contributed by atoms with van der Waals surface area (Å²) in [6.07, 6.45) is 0.862. The Bertz CT molecular complexity index is 1250. The van der Waals surface area contributed by atoms with E-state index < -0.39 is 5.69 Å². The number of hydrogen-bond acceptors (Lipinski definition) is 5.